The molecule has 1 aliphatic rings. The molecule has 0 saturated heterocycles. The molecule has 1 aliphatic carbocycles. The molecule has 1 aromatic heterocycles. The van der Waals surface area contributed by atoms with Crippen LogP contribution in [-0.4, -0.2) is 40.3 Å². The molecule has 0 spiro atoms. The number of H-pyrrole nitrogens is 1. The number of hydrogen-bond acceptors (Lipinski definition) is 3. The maximum atomic E-state index is 13.0. The molecule has 2 rings (SSSR count). The maximum Gasteiger partial charge on any atom is 0.253 e. The molecule has 1 heterocycles. The summed E-state index contributed by atoms with van der Waals surface area (Å²) >= 11 is 0. The minimum atomic E-state index is -0.822. The third-order valence-electron chi connectivity index (χ3n) is 4.57. The van der Waals surface area contributed by atoms with E-state index in [1.807, 2.05) is 13.8 Å². The van der Waals surface area contributed by atoms with Crippen molar-refractivity contribution in [1.82, 2.24) is 15.2 Å². The van der Waals surface area contributed by atoms with Crippen LogP contribution in [0.15, 0.2) is 23.1 Å². The summed E-state index contributed by atoms with van der Waals surface area (Å²) < 4.78 is 0. The molecule has 6 nitrogen and oxygen atoms in total. The van der Waals surface area contributed by atoms with E-state index in [1.165, 1.54) is 18.3 Å². The number of aromatic nitrogens is 1. The second-order valence-electron chi connectivity index (χ2n) is 6.02. The predicted molar refractivity (Wildman–Crippen MR) is 88.3 cm³/mol. The molecule has 1 fully saturated rings. The van der Waals surface area contributed by atoms with Crippen LogP contribution in [0.4, 0.5) is 0 Å². The number of carbonyl (C=O) groups is 2. The van der Waals surface area contributed by atoms with Crippen molar-refractivity contribution in [2.45, 2.75) is 51.5 Å². The first kappa shape index (κ1) is 17.2. The minimum Gasteiger partial charge on any atom is -0.341 e. The van der Waals surface area contributed by atoms with Gasteiger partial charge in [-0.05, 0) is 32.8 Å². The fourth-order valence-electron chi connectivity index (χ4n) is 3.20. The summed E-state index contributed by atoms with van der Waals surface area (Å²) in [4.78, 5) is 40.9. The topological polar surface area (TPSA) is 82.3 Å². The Kier molecular flexibility index (Phi) is 5.58. The zero-order valence-electron chi connectivity index (χ0n) is 13.9. The zero-order chi connectivity index (χ0) is 16.9. The SMILES string of the molecule is CCN(CC)C(=O)C1(NC(=O)c2ccc(=O)[nH]c2)CCCCC1. The van der Waals surface area contributed by atoms with Crippen molar-refractivity contribution in [2.75, 3.05) is 13.1 Å². The van der Waals surface area contributed by atoms with E-state index in [2.05, 4.69) is 10.3 Å². The van der Waals surface area contributed by atoms with Gasteiger partial charge in [-0.3, -0.25) is 14.4 Å². The van der Waals surface area contributed by atoms with Crippen molar-refractivity contribution in [3.05, 3.63) is 34.2 Å². The van der Waals surface area contributed by atoms with Gasteiger partial charge in [-0.15, -0.1) is 0 Å². The van der Waals surface area contributed by atoms with Gasteiger partial charge in [-0.25, -0.2) is 0 Å². The molecule has 1 aromatic rings. The van der Waals surface area contributed by atoms with Gasteiger partial charge in [0.25, 0.3) is 5.91 Å². The molecule has 1 saturated carbocycles. The number of rotatable bonds is 5. The summed E-state index contributed by atoms with van der Waals surface area (Å²) in [6, 6.07) is 2.79. The number of carbonyl (C=O) groups excluding carboxylic acids is 2. The highest BCUT2D eigenvalue weighted by molar-refractivity contribution is 5.99. The number of amides is 2. The Morgan fingerprint density at radius 2 is 1.83 bits per heavy atom. The minimum absolute atomic E-state index is 0.0000235. The van der Waals surface area contributed by atoms with E-state index < -0.39 is 5.54 Å². The molecular weight excluding hydrogens is 294 g/mol. The van der Waals surface area contributed by atoms with Crippen molar-refractivity contribution in [3.8, 4) is 0 Å². The standard InChI is InChI=1S/C17H25N3O3/c1-3-20(4-2)16(23)17(10-6-5-7-11-17)19-15(22)13-8-9-14(21)18-12-13/h8-9,12H,3-7,10-11H2,1-2H3,(H,18,21)(H,19,22). The average Bonchev–Trinajstić information content (AvgIpc) is 2.57. The number of nitrogens with one attached hydrogen (secondary N) is 2. The lowest BCUT2D eigenvalue weighted by atomic mass is 9.80. The molecule has 0 aliphatic heterocycles. The molecule has 0 aromatic carbocycles. The van der Waals surface area contributed by atoms with Crippen LogP contribution in [0.1, 0.15) is 56.3 Å². The van der Waals surface area contributed by atoms with Crippen LogP contribution < -0.4 is 10.9 Å². The lowest BCUT2D eigenvalue weighted by Crippen LogP contribution is -2.60. The van der Waals surface area contributed by atoms with E-state index in [1.54, 1.807) is 4.90 Å². The molecule has 0 unspecified atom stereocenters. The lowest BCUT2D eigenvalue weighted by Gasteiger charge is -2.40. The van der Waals surface area contributed by atoms with Crippen LogP contribution in [0.3, 0.4) is 0 Å². The molecule has 6 heteroatoms. The van der Waals surface area contributed by atoms with Crippen molar-refractivity contribution < 1.29 is 9.59 Å². The predicted octanol–water partition coefficient (Wildman–Crippen LogP) is 1.68. The molecule has 0 atom stereocenters. The van der Waals surface area contributed by atoms with E-state index in [0.717, 1.165) is 19.3 Å². The summed E-state index contributed by atoms with van der Waals surface area (Å²) in [6.45, 7) is 5.15. The van der Waals surface area contributed by atoms with Crippen molar-refractivity contribution in [2.24, 2.45) is 0 Å². The summed E-state index contributed by atoms with van der Waals surface area (Å²) in [7, 11) is 0. The molecule has 126 valence electrons. The van der Waals surface area contributed by atoms with Gasteiger partial charge in [0.2, 0.25) is 11.5 Å². The Morgan fingerprint density at radius 3 is 2.35 bits per heavy atom. The summed E-state index contributed by atoms with van der Waals surface area (Å²) in [6.07, 6.45) is 5.66. The van der Waals surface area contributed by atoms with Gasteiger partial charge in [-0.2, -0.15) is 0 Å². The Balaban J connectivity index is 2.24. The van der Waals surface area contributed by atoms with E-state index in [-0.39, 0.29) is 17.4 Å². The molecule has 23 heavy (non-hydrogen) atoms. The Hall–Kier alpha value is -2.11. The van der Waals surface area contributed by atoms with Crippen molar-refractivity contribution in [3.63, 3.8) is 0 Å². The highest BCUT2D eigenvalue weighted by Crippen LogP contribution is 2.30. The molecule has 0 radical (unpaired) electrons. The Labute approximate surface area is 136 Å². The van der Waals surface area contributed by atoms with Gasteiger partial charge in [0.15, 0.2) is 0 Å². The van der Waals surface area contributed by atoms with Crippen LogP contribution in [0.2, 0.25) is 0 Å². The molecular formula is C17H25N3O3. The van der Waals surface area contributed by atoms with Gasteiger partial charge in [0.05, 0.1) is 5.56 Å². The second kappa shape index (κ2) is 7.44. The summed E-state index contributed by atoms with van der Waals surface area (Å²) in [5.74, 6) is -0.316. The molecule has 0 bridgehead atoms. The highest BCUT2D eigenvalue weighted by atomic mass is 16.2. The van der Waals surface area contributed by atoms with Gasteiger partial charge in [-0.1, -0.05) is 19.3 Å². The largest absolute Gasteiger partial charge is 0.341 e. The molecule has 2 amide bonds. The first-order valence-electron chi connectivity index (χ1n) is 8.33. The monoisotopic (exact) mass is 319 g/mol. The number of likely N-dealkylation sites (N-methyl/N-ethyl adjacent to an activating group) is 1. The first-order valence-corrected chi connectivity index (χ1v) is 8.33. The third kappa shape index (κ3) is 3.81. The van der Waals surface area contributed by atoms with E-state index in [9.17, 15) is 14.4 Å². The van der Waals surface area contributed by atoms with E-state index >= 15 is 0 Å². The second-order valence-corrected chi connectivity index (χ2v) is 6.02. The fourth-order valence-corrected chi connectivity index (χ4v) is 3.20. The van der Waals surface area contributed by atoms with Gasteiger partial charge in [0.1, 0.15) is 5.54 Å². The summed E-state index contributed by atoms with van der Waals surface area (Å²) in [5.41, 5.74) is -0.715. The van der Waals surface area contributed by atoms with Crippen molar-refractivity contribution in [1.29, 1.82) is 0 Å². The maximum absolute atomic E-state index is 13.0. The van der Waals surface area contributed by atoms with E-state index in [0.29, 0.717) is 31.5 Å². The van der Waals surface area contributed by atoms with Gasteiger partial charge in [0, 0.05) is 25.4 Å². The third-order valence-corrected chi connectivity index (χ3v) is 4.57. The van der Waals surface area contributed by atoms with Gasteiger partial charge >= 0.3 is 0 Å². The first-order chi connectivity index (χ1) is 11.0. The quantitative estimate of drug-likeness (QED) is 0.866. The van der Waals surface area contributed by atoms with Crippen LogP contribution >= 0.6 is 0 Å². The van der Waals surface area contributed by atoms with Crippen molar-refractivity contribution >= 4 is 11.8 Å². The number of pyridine rings is 1. The fraction of sp³-hybridized carbons (Fsp3) is 0.588. The summed E-state index contributed by atoms with van der Waals surface area (Å²) in [5, 5.41) is 2.96. The van der Waals surface area contributed by atoms with Crippen LogP contribution in [-0.2, 0) is 4.79 Å². The van der Waals surface area contributed by atoms with Gasteiger partial charge < -0.3 is 15.2 Å². The average molecular weight is 319 g/mol. The number of hydrogen-bond donors (Lipinski definition) is 2. The smallest absolute Gasteiger partial charge is 0.253 e. The highest BCUT2D eigenvalue weighted by Gasteiger charge is 2.42. The Morgan fingerprint density at radius 1 is 1.17 bits per heavy atom. The van der Waals surface area contributed by atoms with E-state index in [4.69, 9.17) is 0 Å². The molecule has 2 N–H and O–H groups in total. The van der Waals surface area contributed by atoms with Crippen LogP contribution in [0, 0.1) is 0 Å². The van der Waals surface area contributed by atoms with Crippen LogP contribution in [0.5, 0.6) is 0 Å². The number of nitrogens with zero attached hydrogens (tertiary/aromatic N) is 1. The van der Waals surface area contributed by atoms with Crippen LogP contribution in [0.25, 0.3) is 0 Å². The lowest BCUT2D eigenvalue weighted by molar-refractivity contribution is -0.139. The number of aromatic amines is 1. The normalized spacial score (nSPS) is 16.6. The Bertz CT molecular complexity index is 593. The zero-order valence-corrected chi connectivity index (χ0v) is 13.9.